The molecule has 5 aliphatic rings. The number of oxime groups is 1. The summed E-state index contributed by atoms with van der Waals surface area (Å²) < 4.78 is 0. The van der Waals surface area contributed by atoms with Gasteiger partial charge in [0, 0.05) is 25.6 Å². The fraction of sp³-hybridized carbons (Fsp3) is 0.862. The van der Waals surface area contributed by atoms with Gasteiger partial charge in [0.25, 0.3) is 0 Å². The number of carbonyl (C=O) groups excluding carboxylic acids is 1. The maximum absolute atomic E-state index is 12.6. The van der Waals surface area contributed by atoms with E-state index in [0.717, 1.165) is 62.1 Å². The van der Waals surface area contributed by atoms with E-state index in [1.807, 2.05) is 7.05 Å². The number of allylic oxidation sites excluding steroid dienone is 1. The van der Waals surface area contributed by atoms with E-state index < -0.39 is 0 Å². The second-order valence-electron chi connectivity index (χ2n) is 12.9. The van der Waals surface area contributed by atoms with Gasteiger partial charge in [-0.2, -0.15) is 0 Å². The predicted octanol–water partition coefficient (Wildman–Crippen LogP) is 5.51. The monoisotopic (exact) mass is 485 g/mol. The van der Waals surface area contributed by atoms with Crippen LogP contribution in [0.1, 0.15) is 91.4 Å². The van der Waals surface area contributed by atoms with E-state index in [4.69, 9.17) is 4.84 Å². The van der Waals surface area contributed by atoms with E-state index in [2.05, 4.69) is 37.3 Å². The molecule has 0 aromatic heterocycles. The number of hydrogen-bond donors (Lipinski definition) is 2. The number of amides is 1. The van der Waals surface area contributed by atoms with Gasteiger partial charge in [0.2, 0.25) is 0 Å². The molecule has 1 amide bonds. The molecular weight excluding hydrogens is 438 g/mol. The Morgan fingerprint density at radius 3 is 2.74 bits per heavy atom. The van der Waals surface area contributed by atoms with E-state index >= 15 is 0 Å². The summed E-state index contributed by atoms with van der Waals surface area (Å²) in [5.74, 6) is 2.62. The highest BCUT2D eigenvalue weighted by molar-refractivity contribution is 5.85. The number of rotatable bonds is 4. The quantitative estimate of drug-likeness (QED) is 0.238. The first-order valence-electron chi connectivity index (χ1n) is 14.3. The standard InChI is InChI=1S/C29H47N3O3/c1-19(31-35-27(34)32(4)18-21-7-5-6-16-30-21)24-10-11-25-23-9-8-20-17-22(33)12-14-28(20,2)26(23)13-15-29(24,25)3/h17,21-26,30,33H,5-16,18H2,1-4H3/b31-19+/t21?,22-,23-,24+,25-,26-,28-,29+/m0/s1. The van der Waals surface area contributed by atoms with Crippen molar-refractivity contribution in [3.63, 3.8) is 0 Å². The molecule has 1 heterocycles. The summed E-state index contributed by atoms with van der Waals surface area (Å²) in [4.78, 5) is 19.8. The van der Waals surface area contributed by atoms with Gasteiger partial charge < -0.3 is 15.3 Å². The number of fused-ring (bicyclic) bond motifs is 5. The lowest BCUT2D eigenvalue weighted by Crippen LogP contribution is -2.51. The highest BCUT2D eigenvalue weighted by Gasteiger charge is 2.59. The molecule has 196 valence electrons. The van der Waals surface area contributed by atoms with Gasteiger partial charge in [-0.3, -0.25) is 4.84 Å². The molecule has 2 N–H and O–H groups in total. The summed E-state index contributed by atoms with van der Waals surface area (Å²) in [7, 11) is 1.81. The molecule has 3 saturated carbocycles. The predicted molar refractivity (Wildman–Crippen MR) is 139 cm³/mol. The Labute approximate surface area is 211 Å². The smallest absolute Gasteiger partial charge is 0.389 e. The number of aliphatic hydroxyl groups excluding tert-OH is 1. The number of nitrogens with zero attached hydrogens (tertiary/aromatic N) is 2. The number of likely N-dealkylation sites (N-methyl/N-ethyl adjacent to an activating group) is 1. The van der Waals surface area contributed by atoms with E-state index in [0.29, 0.717) is 18.5 Å². The van der Waals surface area contributed by atoms with Crippen LogP contribution in [0.4, 0.5) is 4.79 Å². The number of piperidine rings is 1. The minimum atomic E-state index is -0.348. The number of hydrogen-bond acceptors (Lipinski definition) is 5. The molecule has 6 nitrogen and oxygen atoms in total. The fourth-order valence-electron chi connectivity index (χ4n) is 9.13. The van der Waals surface area contributed by atoms with Crippen molar-refractivity contribution in [3.8, 4) is 0 Å². The highest BCUT2D eigenvalue weighted by Crippen LogP contribution is 2.66. The van der Waals surface area contributed by atoms with Gasteiger partial charge in [0.05, 0.1) is 11.8 Å². The van der Waals surface area contributed by atoms with E-state index in [1.54, 1.807) is 4.90 Å². The Hall–Kier alpha value is -1.40. The first-order valence-corrected chi connectivity index (χ1v) is 14.3. The van der Waals surface area contributed by atoms with Crippen LogP contribution in [0, 0.1) is 34.5 Å². The van der Waals surface area contributed by atoms with E-state index in [-0.39, 0.29) is 23.0 Å². The maximum atomic E-state index is 12.6. The summed E-state index contributed by atoms with van der Waals surface area (Å²) in [6.45, 7) is 8.76. The zero-order chi connectivity index (χ0) is 24.8. The largest absolute Gasteiger partial charge is 0.435 e. The minimum absolute atomic E-state index is 0.237. The van der Waals surface area contributed by atoms with Gasteiger partial charge >= 0.3 is 6.09 Å². The molecule has 0 aromatic rings. The first kappa shape index (κ1) is 25.3. The van der Waals surface area contributed by atoms with Gasteiger partial charge in [-0.25, -0.2) is 4.79 Å². The summed E-state index contributed by atoms with van der Waals surface area (Å²) in [6, 6.07) is 0.358. The second kappa shape index (κ2) is 9.81. The lowest BCUT2D eigenvalue weighted by atomic mass is 9.46. The molecule has 35 heavy (non-hydrogen) atoms. The van der Waals surface area contributed by atoms with Crippen molar-refractivity contribution in [2.45, 2.75) is 104 Å². The summed E-state index contributed by atoms with van der Waals surface area (Å²) in [6.07, 6.45) is 14.5. The number of carbonyl (C=O) groups is 1. The Morgan fingerprint density at radius 1 is 1.14 bits per heavy atom. The average Bonchev–Trinajstić information content (AvgIpc) is 3.20. The summed E-state index contributed by atoms with van der Waals surface area (Å²) in [5.41, 5.74) is 3.05. The topological polar surface area (TPSA) is 74.2 Å². The van der Waals surface area contributed by atoms with Gasteiger partial charge in [-0.05, 0) is 106 Å². The molecule has 6 heteroatoms. The molecule has 0 aromatic carbocycles. The number of aliphatic hydroxyl groups is 1. The van der Waals surface area contributed by atoms with Crippen LogP contribution in [0.2, 0.25) is 0 Å². The Morgan fingerprint density at radius 2 is 1.97 bits per heavy atom. The van der Waals surface area contributed by atoms with Crippen LogP contribution >= 0.6 is 0 Å². The van der Waals surface area contributed by atoms with Crippen molar-refractivity contribution in [2.24, 2.45) is 39.7 Å². The lowest BCUT2D eigenvalue weighted by molar-refractivity contribution is -0.0479. The van der Waals surface area contributed by atoms with Gasteiger partial charge in [0.15, 0.2) is 0 Å². The SMILES string of the molecule is C/C(=N\OC(=O)N(C)CC1CCCCN1)[C@H]1CC[C@H]2[C@@H]3CCC4=C[C@@H](O)CC[C@]4(C)[C@H]3CC[C@]12C. The normalized spacial score (nSPS) is 43.5. The maximum Gasteiger partial charge on any atom is 0.435 e. The number of nitrogens with one attached hydrogen (secondary N) is 1. The molecule has 0 bridgehead atoms. The molecule has 5 rings (SSSR count). The van der Waals surface area contributed by atoms with Crippen LogP contribution < -0.4 is 5.32 Å². The highest BCUT2D eigenvalue weighted by atomic mass is 16.7. The third kappa shape index (κ3) is 4.58. The Balaban J connectivity index is 1.23. The molecule has 4 aliphatic carbocycles. The van der Waals surface area contributed by atoms with Crippen molar-refractivity contribution in [2.75, 3.05) is 20.1 Å². The molecule has 1 aliphatic heterocycles. The first-order chi connectivity index (χ1) is 16.7. The van der Waals surface area contributed by atoms with Crippen LogP contribution in [0.15, 0.2) is 16.8 Å². The van der Waals surface area contributed by atoms with E-state index in [1.165, 1.54) is 44.1 Å². The Bertz CT molecular complexity index is 865. The summed E-state index contributed by atoms with van der Waals surface area (Å²) in [5, 5.41) is 18.1. The average molecular weight is 486 g/mol. The van der Waals surface area contributed by atoms with Crippen LogP contribution in [0.3, 0.4) is 0 Å². The zero-order valence-corrected chi connectivity index (χ0v) is 22.4. The molecule has 1 unspecified atom stereocenters. The van der Waals surface area contributed by atoms with E-state index in [9.17, 15) is 9.90 Å². The molecule has 0 spiro atoms. The van der Waals surface area contributed by atoms with Gasteiger partial charge in [-0.15, -0.1) is 0 Å². The van der Waals surface area contributed by atoms with Crippen LogP contribution in [0.5, 0.6) is 0 Å². The molecule has 8 atom stereocenters. The third-order valence-electron chi connectivity index (χ3n) is 11.1. The third-order valence-corrected chi connectivity index (χ3v) is 11.1. The molecule has 0 radical (unpaired) electrons. The fourth-order valence-corrected chi connectivity index (χ4v) is 9.13. The van der Waals surface area contributed by atoms with Crippen molar-refractivity contribution in [1.29, 1.82) is 0 Å². The van der Waals surface area contributed by atoms with Crippen molar-refractivity contribution in [1.82, 2.24) is 10.2 Å². The van der Waals surface area contributed by atoms with Gasteiger partial charge in [0.1, 0.15) is 0 Å². The lowest BCUT2D eigenvalue weighted by Gasteiger charge is -2.58. The Kier molecular flexibility index (Phi) is 7.08. The van der Waals surface area contributed by atoms with Crippen LogP contribution in [0.25, 0.3) is 0 Å². The second-order valence-corrected chi connectivity index (χ2v) is 12.9. The molecular formula is C29H47N3O3. The molecule has 4 fully saturated rings. The minimum Gasteiger partial charge on any atom is -0.389 e. The van der Waals surface area contributed by atoms with Crippen LogP contribution in [-0.4, -0.2) is 54.1 Å². The van der Waals surface area contributed by atoms with Crippen molar-refractivity contribution in [3.05, 3.63) is 11.6 Å². The van der Waals surface area contributed by atoms with Crippen LogP contribution in [-0.2, 0) is 4.84 Å². The van der Waals surface area contributed by atoms with Gasteiger partial charge in [-0.1, -0.05) is 37.1 Å². The zero-order valence-electron chi connectivity index (χ0n) is 22.4. The van der Waals surface area contributed by atoms with Crippen molar-refractivity contribution >= 4 is 11.8 Å². The van der Waals surface area contributed by atoms with Crippen molar-refractivity contribution < 1.29 is 14.7 Å². The summed E-state index contributed by atoms with van der Waals surface area (Å²) >= 11 is 0. The molecule has 1 saturated heterocycles.